The lowest BCUT2D eigenvalue weighted by atomic mass is 10.1. The average Bonchev–Trinajstić information content (AvgIpc) is 2.25. The Labute approximate surface area is 92.2 Å². The molecule has 0 aliphatic rings. The molecule has 17 heavy (non-hydrogen) atoms. The number of hydrogen-bond acceptors (Lipinski definition) is 3. The minimum absolute atomic E-state index is 0.114. The number of aromatic nitrogens is 1. The van der Waals surface area contributed by atoms with Crippen molar-refractivity contribution in [1.82, 2.24) is 4.98 Å². The summed E-state index contributed by atoms with van der Waals surface area (Å²) < 4.78 is 66.9. The van der Waals surface area contributed by atoms with Crippen molar-refractivity contribution in [2.45, 2.75) is 12.6 Å². The predicted octanol–water partition coefficient (Wildman–Crippen LogP) is 2.86. The summed E-state index contributed by atoms with van der Waals surface area (Å²) in [6.07, 6.45) is -8.07. The van der Waals surface area contributed by atoms with E-state index in [1.807, 2.05) is 0 Å². The Kier molecular flexibility index (Phi) is 3.64. The molecular formula is C9H6F5NO2. The zero-order valence-corrected chi connectivity index (χ0v) is 8.39. The zero-order valence-electron chi connectivity index (χ0n) is 8.39. The molecule has 0 amide bonds. The monoisotopic (exact) mass is 255 g/mol. The molecule has 3 nitrogen and oxygen atoms in total. The highest BCUT2D eigenvalue weighted by Crippen LogP contribution is 2.38. The van der Waals surface area contributed by atoms with Gasteiger partial charge in [0.1, 0.15) is 5.75 Å². The highest BCUT2D eigenvalue weighted by atomic mass is 19.4. The molecule has 0 N–H and O–H groups in total. The second kappa shape index (κ2) is 4.64. The van der Waals surface area contributed by atoms with E-state index >= 15 is 0 Å². The molecule has 0 aromatic carbocycles. The van der Waals surface area contributed by atoms with Gasteiger partial charge in [0.2, 0.25) is 0 Å². The highest BCUT2D eigenvalue weighted by molar-refractivity contribution is 5.82. The molecule has 94 valence electrons. The van der Waals surface area contributed by atoms with Crippen molar-refractivity contribution in [3.63, 3.8) is 0 Å². The van der Waals surface area contributed by atoms with Gasteiger partial charge < -0.3 is 4.74 Å². The van der Waals surface area contributed by atoms with E-state index in [0.717, 1.165) is 7.11 Å². The molecule has 0 unspecified atom stereocenters. The molecule has 8 heteroatoms. The molecule has 0 spiro atoms. The summed E-state index contributed by atoms with van der Waals surface area (Å²) in [6.45, 7) is 0. The second-order valence-corrected chi connectivity index (χ2v) is 2.92. The number of carbonyl (C=O) groups is 1. The van der Waals surface area contributed by atoms with Gasteiger partial charge in [-0.3, -0.25) is 4.79 Å². The summed E-state index contributed by atoms with van der Waals surface area (Å²) >= 11 is 0. The van der Waals surface area contributed by atoms with Crippen LogP contribution in [-0.4, -0.2) is 18.4 Å². The maximum absolute atomic E-state index is 12.6. The summed E-state index contributed by atoms with van der Waals surface area (Å²) in [5, 5.41) is 0. The number of alkyl halides is 5. The first-order valence-electron chi connectivity index (χ1n) is 4.20. The largest absolute Gasteiger partial charge is 0.494 e. The Hall–Kier alpha value is -1.73. The molecule has 0 aliphatic heterocycles. The predicted molar refractivity (Wildman–Crippen MR) is 46.1 cm³/mol. The summed E-state index contributed by atoms with van der Waals surface area (Å²) in [4.78, 5) is 13.4. The Morgan fingerprint density at radius 3 is 2.35 bits per heavy atom. The summed E-state index contributed by atoms with van der Waals surface area (Å²) in [6, 6.07) is 0. The topological polar surface area (TPSA) is 39.2 Å². The lowest BCUT2D eigenvalue weighted by Gasteiger charge is -2.14. The third-order valence-electron chi connectivity index (χ3n) is 1.95. The van der Waals surface area contributed by atoms with Gasteiger partial charge in [0.15, 0.2) is 12.0 Å². The van der Waals surface area contributed by atoms with Crippen molar-refractivity contribution in [2.75, 3.05) is 7.11 Å². The van der Waals surface area contributed by atoms with Gasteiger partial charge in [-0.2, -0.15) is 13.2 Å². The zero-order chi connectivity index (χ0) is 13.2. The van der Waals surface area contributed by atoms with E-state index in [1.165, 1.54) is 0 Å². The van der Waals surface area contributed by atoms with Crippen molar-refractivity contribution in [1.29, 1.82) is 0 Å². The van der Waals surface area contributed by atoms with E-state index < -0.39 is 35.2 Å². The molecule has 0 aliphatic carbocycles. The minimum atomic E-state index is -5.06. The Balaban J connectivity index is 3.59. The Bertz CT molecular complexity index is 430. The highest BCUT2D eigenvalue weighted by Gasteiger charge is 2.39. The van der Waals surface area contributed by atoms with Crippen LogP contribution < -0.4 is 4.74 Å². The van der Waals surface area contributed by atoms with Gasteiger partial charge in [0.05, 0.1) is 24.4 Å². The fourth-order valence-corrected chi connectivity index (χ4v) is 1.25. The number of carbonyl (C=O) groups excluding carboxylic acids is 1. The van der Waals surface area contributed by atoms with E-state index in [2.05, 4.69) is 9.72 Å². The summed E-state index contributed by atoms with van der Waals surface area (Å²) in [7, 11) is 1.03. The number of pyridine rings is 1. The molecular weight excluding hydrogens is 249 g/mol. The van der Waals surface area contributed by atoms with Crippen LogP contribution in [0.1, 0.15) is 28.0 Å². The van der Waals surface area contributed by atoms with Crippen LogP contribution in [0.15, 0.2) is 6.20 Å². The number of hydrogen-bond donors (Lipinski definition) is 0. The molecule has 1 aromatic rings. The van der Waals surface area contributed by atoms with Gasteiger partial charge in [-0.1, -0.05) is 0 Å². The molecule has 1 heterocycles. The molecule has 0 bridgehead atoms. The molecule has 0 saturated carbocycles. The molecule has 0 atom stereocenters. The summed E-state index contributed by atoms with van der Waals surface area (Å²) in [5.41, 5.74) is -4.09. The average molecular weight is 255 g/mol. The molecule has 1 rings (SSSR count). The van der Waals surface area contributed by atoms with Crippen LogP contribution in [0.3, 0.4) is 0 Å². The maximum atomic E-state index is 12.6. The standard InChI is InChI=1S/C9H6F5NO2/c1-17-5-2-15-7(9(12,13)14)6(8(10)11)4(5)3-16/h2-3,8H,1H3. The first kappa shape index (κ1) is 13.3. The van der Waals surface area contributed by atoms with Crippen LogP contribution in [0.25, 0.3) is 0 Å². The van der Waals surface area contributed by atoms with E-state index in [4.69, 9.17) is 0 Å². The van der Waals surface area contributed by atoms with Gasteiger partial charge in [-0.05, 0) is 0 Å². The smallest absolute Gasteiger partial charge is 0.433 e. The van der Waals surface area contributed by atoms with Gasteiger partial charge in [0, 0.05) is 0 Å². The van der Waals surface area contributed by atoms with Crippen LogP contribution in [0.5, 0.6) is 5.75 Å². The van der Waals surface area contributed by atoms with Crippen LogP contribution in [0, 0.1) is 0 Å². The minimum Gasteiger partial charge on any atom is -0.494 e. The normalized spacial score (nSPS) is 11.7. The molecule has 0 fully saturated rings. The molecule has 0 saturated heterocycles. The number of methoxy groups -OCH3 is 1. The summed E-state index contributed by atoms with van der Waals surface area (Å²) in [5.74, 6) is -0.428. The van der Waals surface area contributed by atoms with E-state index in [0.29, 0.717) is 6.20 Å². The van der Waals surface area contributed by atoms with Crippen LogP contribution >= 0.6 is 0 Å². The van der Waals surface area contributed by atoms with Crippen LogP contribution in [-0.2, 0) is 6.18 Å². The Morgan fingerprint density at radius 2 is 2.00 bits per heavy atom. The van der Waals surface area contributed by atoms with Crippen molar-refractivity contribution in [3.05, 3.63) is 23.0 Å². The van der Waals surface area contributed by atoms with E-state index in [9.17, 15) is 26.7 Å². The lowest BCUT2D eigenvalue weighted by Crippen LogP contribution is -2.15. The van der Waals surface area contributed by atoms with Crippen molar-refractivity contribution >= 4 is 6.29 Å². The van der Waals surface area contributed by atoms with Crippen LogP contribution in [0.4, 0.5) is 22.0 Å². The van der Waals surface area contributed by atoms with Gasteiger partial charge in [0.25, 0.3) is 6.43 Å². The fourth-order valence-electron chi connectivity index (χ4n) is 1.25. The maximum Gasteiger partial charge on any atom is 0.433 e. The number of rotatable bonds is 3. The quantitative estimate of drug-likeness (QED) is 0.615. The molecule has 1 aromatic heterocycles. The SMILES string of the molecule is COc1cnc(C(F)(F)F)c(C(F)F)c1C=O. The third-order valence-corrected chi connectivity index (χ3v) is 1.95. The van der Waals surface area contributed by atoms with Gasteiger partial charge >= 0.3 is 6.18 Å². The van der Waals surface area contributed by atoms with Crippen molar-refractivity contribution < 1.29 is 31.5 Å². The second-order valence-electron chi connectivity index (χ2n) is 2.92. The van der Waals surface area contributed by atoms with E-state index in [1.54, 1.807) is 0 Å². The van der Waals surface area contributed by atoms with Gasteiger partial charge in [-0.25, -0.2) is 13.8 Å². The first-order chi connectivity index (χ1) is 7.82. The van der Waals surface area contributed by atoms with Crippen molar-refractivity contribution in [3.8, 4) is 5.75 Å². The molecule has 0 radical (unpaired) electrons. The fraction of sp³-hybridized carbons (Fsp3) is 0.333. The Morgan fingerprint density at radius 1 is 1.41 bits per heavy atom. The third kappa shape index (κ3) is 2.51. The number of halogens is 5. The van der Waals surface area contributed by atoms with Crippen molar-refractivity contribution in [2.24, 2.45) is 0 Å². The number of nitrogens with zero attached hydrogens (tertiary/aromatic N) is 1. The number of ether oxygens (including phenoxy) is 1. The van der Waals surface area contributed by atoms with E-state index in [-0.39, 0.29) is 6.29 Å². The van der Waals surface area contributed by atoms with Gasteiger partial charge in [-0.15, -0.1) is 0 Å². The first-order valence-corrected chi connectivity index (χ1v) is 4.20. The van der Waals surface area contributed by atoms with Crippen LogP contribution in [0.2, 0.25) is 0 Å². The lowest BCUT2D eigenvalue weighted by molar-refractivity contribution is -0.143. The number of aldehydes is 1.